The molecule has 0 aliphatic carbocycles. The van der Waals surface area contributed by atoms with Crippen LogP contribution in [0.5, 0.6) is 0 Å². The lowest BCUT2D eigenvalue weighted by molar-refractivity contribution is 0.131. The number of carbonyl (C=O) groups excluding carboxylic acids is 1. The van der Waals surface area contributed by atoms with E-state index in [0.29, 0.717) is 9.34 Å². The molecule has 0 unspecified atom stereocenters. The van der Waals surface area contributed by atoms with Crippen LogP contribution in [0, 0.1) is 0 Å². The van der Waals surface area contributed by atoms with Crippen LogP contribution in [-0.4, -0.2) is 24.4 Å². The summed E-state index contributed by atoms with van der Waals surface area (Å²) in [5.74, 6) is 0. The standard InChI is InChI=1S/C7H8ClNO3S/c8-5-1-2-6(13-5)9-7(11)12-4-3-10/h1-2,10H,3-4H2,(H,9,11). The number of carbonyl (C=O) groups is 1. The van der Waals surface area contributed by atoms with Crippen LogP contribution in [-0.2, 0) is 4.74 Å². The number of hydrogen-bond donors (Lipinski definition) is 2. The monoisotopic (exact) mass is 221 g/mol. The number of nitrogens with one attached hydrogen (secondary N) is 1. The van der Waals surface area contributed by atoms with E-state index < -0.39 is 6.09 Å². The smallest absolute Gasteiger partial charge is 0.412 e. The van der Waals surface area contributed by atoms with Crippen LogP contribution in [0.3, 0.4) is 0 Å². The SMILES string of the molecule is O=C(Nc1ccc(Cl)s1)OCCO. The van der Waals surface area contributed by atoms with Crippen molar-refractivity contribution in [1.29, 1.82) is 0 Å². The molecule has 2 N–H and O–H groups in total. The van der Waals surface area contributed by atoms with E-state index in [1.54, 1.807) is 12.1 Å². The highest BCUT2D eigenvalue weighted by Gasteiger charge is 2.04. The predicted octanol–water partition coefficient (Wildman–Crippen LogP) is 1.94. The lowest BCUT2D eigenvalue weighted by Crippen LogP contribution is -2.14. The van der Waals surface area contributed by atoms with E-state index in [-0.39, 0.29) is 13.2 Å². The number of aliphatic hydroxyl groups excluding tert-OH is 1. The summed E-state index contributed by atoms with van der Waals surface area (Å²) in [5.41, 5.74) is 0. The fraction of sp³-hybridized carbons (Fsp3) is 0.286. The van der Waals surface area contributed by atoms with Gasteiger partial charge in [-0.15, -0.1) is 11.3 Å². The molecule has 13 heavy (non-hydrogen) atoms. The summed E-state index contributed by atoms with van der Waals surface area (Å²) in [5, 5.41) is 11.4. The lowest BCUT2D eigenvalue weighted by atomic mass is 10.6. The molecule has 0 fully saturated rings. The molecule has 0 radical (unpaired) electrons. The van der Waals surface area contributed by atoms with Gasteiger partial charge in [0.05, 0.1) is 15.9 Å². The molecule has 1 amide bonds. The van der Waals surface area contributed by atoms with Gasteiger partial charge in [0.1, 0.15) is 6.61 Å². The van der Waals surface area contributed by atoms with Crippen molar-refractivity contribution in [2.45, 2.75) is 0 Å². The van der Waals surface area contributed by atoms with Gasteiger partial charge in [0.25, 0.3) is 0 Å². The second-order valence-electron chi connectivity index (χ2n) is 2.09. The van der Waals surface area contributed by atoms with E-state index in [4.69, 9.17) is 16.7 Å². The van der Waals surface area contributed by atoms with Gasteiger partial charge in [0, 0.05) is 0 Å². The predicted molar refractivity (Wildman–Crippen MR) is 51.4 cm³/mol. The average molecular weight is 222 g/mol. The van der Waals surface area contributed by atoms with Crippen molar-refractivity contribution in [3.63, 3.8) is 0 Å². The largest absolute Gasteiger partial charge is 0.447 e. The summed E-state index contributed by atoms with van der Waals surface area (Å²) in [7, 11) is 0. The number of amides is 1. The molecule has 0 aliphatic rings. The van der Waals surface area contributed by atoms with Crippen LogP contribution in [0.1, 0.15) is 0 Å². The van der Waals surface area contributed by atoms with Crippen LogP contribution < -0.4 is 5.32 Å². The number of rotatable bonds is 3. The van der Waals surface area contributed by atoms with E-state index in [1.807, 2.05) is 0 Å². The van der Waals surface area contributed by atoms with E-state index in [9.17, 15) is 4.79 Å². The number of aliphatic hydroxyl groups is 1. The average Bonchev–Trinajstić information content (AvgIpc) is 2.48. The summed E-state index contributed by atoms with van der Waals surface area (Å²) in [6.45, 7) is -0.191. The van der Waals surface area contributed by atoms with E-state index >= 15 is 0 Å². The van der Waals surface area contributed by atoms with Crippen LogP contribution in [0.4, 0.5) is 9.80 Å². The molecule has 1 rings (SSSR count). The highest BCUT2D eigenvalue weighted by molar-refractivity contribution is 7.20. The zero-order chi connectivity index (χ0) is 9.68. The quantitative estimate of drug-likeness (QED) is 0.820. The maximum Gasteiger partial charge on any atom is 0.412 e. The Morgan fingerprint density at radius 3 is 3.00 bits per heavy atom. The van der Waals surface area contributed by atoms with Crippen molar-refractivity contribution >= 4 is 34.0 Å². The number of anilines is 1. The first-order valence-corrected chi connectivity index (χ1v) is 4.72. The molecule has 6 heteroatoms. The summed E-state index contributed by atoms with van der Waals surface area (Å²) in [6.07, 6.45) is -0.590. The van der Waals surface area contributed by atoms with Crippen molar-refractivity contribution in [1.82, 2.24) is 0 Å². The second-order valence-corrected chi connectivity index (χ2v) is 3.80. The Bertz CT molecular complexity index is 289. The highest BCUT2D eigenvalue weighted by Crippen LogP contribution is 2.25. The Morgan fingerprint density at radius 1 is 1.69 bits per heavy atom. The molecule has 0 aliphatic heterocycles. The Morgan fingerprint density at radius 2 is 2.46 bits per heavy atom. The van der Waals surface area contributed by atoms with Gasteiger partial charge in [-0.2, -0.15) is 0 Å². The molecular formula is C7H8ClNO3S. The Hall–Kier alpha value is -0.780. The molecule has 0 spiro atoms. The van der Waals surface area contributed by atoms with Crippen molar-refractivity contribution in [2.24, 2.45) is 0 Å². The number of thiophene rings is 1. The Kier molecular flexibility index (Phi) is 4.01. The van der Waals surface area contributed by atoms with Crippen molar-refractivity contribution in [3.8, 4) is 0 Å². The fourth-order valence-electron chi connectivity index (χ4n) is 0.656. The molecule has 1 heterocycles. The van der Waals surface area contributed by atoms with Gasteiger partial charge < -0.3 is 9.84 Å². The molecule has 0 saturated carbocycles. The van der Waals surface area contributed by atoms with Gasteiger partial charge in [0.2, 0.25) is 0 Å². The lowest BCUT2D eigenvalue weighted by Gasteiger charge is -2.02. The molecule has 0 saturated heterocycles. The molecule has 4 nitrogen and oxygen atoms in total. The molecule has 0 bridgehead atoms. The van der Waals surface area contributed by atoms with Gasteiger partial charge in [-0.3, -0.25) is 5.32 Å². The molecule has 1 aromatic rings. The maximum atomic E-state index is 10.9. The number of hydrogen-bond acceptors (Lipinski definition) is 4. The Balaban J connectivity index is 2.36. The topological polar surface area (TPSA) is 58.6 Å². The fourth-order valence-corrected chi connectivity index (χ4v) is 1.59. The summed E-state index contributed by atoms with van der Waals surface area (Å²) in [4.78, 5) is 10.9. The molecule has 0 atom stereocenters. The third-order valence-corrected chi connectivity index (χ3v) is 2.27. The van der Waals surface area contributed by atoms with Crippen LogP contribution in [0.25, 0.3) is 0 Å². The second kappa shape index (κ2) is 5.06. The van der Waals surface area contributed by atoms with E-state index in [0.717, 1.165) is 0 Å². The summed E-state index contributed by atoms with van der Waals surface area (Å²) in [6, 6.07) is 3.35. The minimum Gasteiger partial charge on any atom is -0.447 e. The third kappa shape index (κ3) is 3.63. The highest BCUT2D eigenvalue weighted by atomic mass is 35.5. The minimum absolute atomic E-state index is 0.00899. The van der Waals surface area contributed by atoms with Crippen LogP contribution in [0.2, 0.25) is 4.34 Å². The number of ether oxygens (including phenoxy) is 1. The number of halogens is 1. The maximum absolute atomic E-state index is 10.9. The third-order valence-electron chi connectivity index (χ3n) is 1.12. The summed E-state index contributed by atoms with van der Waals surface area (Å²) < 4.78 is 5.16. The zero-order valence-electron chi connectivity index (χ0n) is 6.62. The Labute approximate surface area is 84.1 Å². The van der Waals surface area contributed by atoms with Crippen molar-refractivity contribution < 1.29 is 14.6 Å². The van der Waals surface area contributed by atoms with Gasteiger partial charge in [-0.25, -0.2) is 4.79 Å². The van der Waals surface area contributed by atoms with Crippen molar-refractivity contribution in [3.05, 3.63) is 16.5 Å². The van der Waals surface area contributed by atoms with Gasteiger partial charge in [-0.1, -0.05) is 11.6 Å². The van der Waals surface area contributed by atoms with E-state index in [1.165, 1.54) is 11.3 Å². The first-order valence-electron chi connectivity index (χ1n) is 3.52. The molecule has 0 aromatic carbocycles. The van der Waals surface area contributed by atoms with Gasteiger partial charge in [-0.05, 0) is 12.1 Å². The summed E-state index contributed by atoms with van der Waals surface area (Å²) >= 11 is 6.88. The molecular weight excluding hydrogens is 214 g/mol. The van der Waals surface area contributed by atoms with Gasteiger partial charge in [0.15, 0.2) is 0 Å². The van der Waals surface area contributed by atoms with Gasteiger partial charge >= 0.3 is 6.09 Å². The van der Waals surface area contributed by atoms with Crippen LogP contribution >= 0.6 is 22.9 Å². The molecule has 1 aromatic heterocycles. The van der Waals surface area contributed by atoms with Crippen LogP contribution in [0.15, 0.2) is 12.1 Å². The van der Waals surface area contributed by atoms with Crippen molar-refractivity contribution in [2.75, 3.05) is 18.5 Å². The first kappa shape index (κ1) is 10.3. The molecule has 72 valence electrons. The minimum atomic E-state index is -0.590. The zero-order valence-corrected chi connectivity index (χ0v) is 8.19. The van der Waals surface area contributed by atoms with E-state index in [2.05, 4.69) is 10.1 Å². The normalized spacial score (nSPS) is 9.69. The first-order chi connectivity index (χ1) is 6.22.